The monoisotopic (exact) mass is 304 g/mol. The number of nitrogens with one attached hydrogen (secondary N) is 3. The standard InChI is InChI=1S/C16H24N4O2/c1-11(14-19-12-7-5-6-8-13(12)20-14)17-9-10-18-15(21)22-16(2,3)4/h5-8,11,17H,9-10H2,1-4H3,(H,18,21)(H,19,20). The fourth-order valence-corrected chi connectivity index (χ4v) is 2.04. The zero-order valence-corrected chi connectivity index (χ0v) is 13.6. The van der Waals surface area contributed by atoms with Gasteiger partial charge in [-0.2, -0.15) is 0 Å². The molecule has 0 aliphatic heterocycles. The Morgan fingerprint density at radius 2 is 2.05 bits per heavy atom. The van der Waals surface area contributed by atoms with E-state index in [0.717, 1.165) is 16.9 Å². The summed E-state index contributed by atoms with van der Waals surface area (Å²) in [6.45, 7) is 8.69. The van der Waals surface area contributed by atoms with Gasteiger partial charge >= 0.3 is 6.09 Å². The van der Waals surface area contributed by atoms with Crippen LogP contribution in [-0.4, -0.2) is 34.8 Å². The number of alkyl carbamates (subject to hydrolysis) is 1. The molecule has 1 aromatic carbocycles. The van der Waals surface area contributed by atoms with Gasteiger partial charge in [0, 0.05) is 13.1 Å². The zero-order chi connectivity index (χ0) is 16.2. The van der Waals surface area contributed by atoms with Gasteiger partial charge in [0.2, 0.25) is 0 Å². The molecule has 6 nitrogen and oxygen atoms in total. The quantitative estimate of drug-likeness (QED) is 0.742. The van der Waals surface area contributed by atoms with Crippen molar-refractivity contribution in [3.05, 3.63) is 30.1 Å². The molecule has 0 bridgehead atoms. The highest BCUT2D eigenvalue weighted by atomic mass is 16.6. The van der Waals surface area contributed by atoms with Gasteiger partial charge in [0.25, 0.3) is 0 Å². The number of rotatable bonds is 5. The van der Waals surface area contributed by atoms with Gasteiger partial charge < -0.3 is 20.4 Å². The van der Waals surface area contributed by atoms with Crippen LogP contribution in [0.4, 0.5) is 4.79 Å². The number of carbonyl (C=O) groups is 1. The van der Waals surface area contributed by atoms with Crippen molar-refractivity contribution in [2.45, 2.75) is 39.3 Å². The Bertz CT molecular complexity index is 597. The molecule has 1 heterocycles. The van der Waals surface area contributed by atoms with Crippen LogP contribution in [0, 0.1) is 0 Å². The molecule has 0 saturated carbocycles. The van der Waals surface area contributed by atoms with E-state index in [-0.39, 0.29) is 6.04 Å². The summed E-state index contributed by atoms with van der Waals surface area (Å²) in [6.07, 6.45) is -0.398. The summed E-state index contributed by atoms with van der Waals surface area (Å²) in [5, 5.41) is 6.03. The normalized spacial score (nSPS) is 13.1. The highest BCUT2D eigenvalue weighted by molar-refractivity contribution is 5.74. The number of para-hydroxylation sites is 2. The highest BCUT2D eigenvalue weighted by Gasteiger charge is 2.15. The van der Waals surface area contributed by atoms with E-state index >= 15 is 0 Å². The molecular formula is C16H24N4O2. The number of aromatic amines is 1. The maximum Gasteiger partial charge on any atom is 0.407 e. The molecule has 2 aromatic rings. The summed E-state index contributed by atoms with van der Waals surface area (Å²) in [7, 11) is 0. The van der Waals surface area contributed by atoms with E-state index in [1.54, 1.807) is 0 Å². The number of nitrogens with zero attached hydrogens (tertiary/aromatic N) is 1. The average Bonchev–Trinajstić information content (AvgIpc) is 2.85. The SMILES string of the molecule is CC(NCCNC(=O)OC(C)(C)C)c1nc2ccccc2[nH]1. The molecule has 120 valence electrons. The summed E-state index contributed by atoms with van der Waals surface area (Å²) in [5.41, 5.74) is 1.51. The topological polar surface area (TPSA) is 79.0 Å². The van der Waals surface area contributed by atoms with Crippen LogP contribution in [0.1, 0.15) is 39.6 Å². The Morgan fingerprint density at radius 3 is 2.73 bits per heavy atom. The number of hydrogen-bond donors (Lipinski definition) is 3. The third-order valence-corrected chi connectivity index (χ3v) is 3.06. The van der Waals surface area contributed by atoms with Gasteiger partial charge in [-0.05, 0) is 39.8 Å². The summed E-state index contributed by atoms with van der Waals surface area (Å²) >= 11 is 0. The smallest absolute Gasteiger partial charge is 0.407 e. The third kappa shape index (κ3) is 4.73. The molecule has 3 N–H and O–H groups in total. The van der Waals surface area contributed by atoms with Crippen LogP contribution in [-0.2, 0) is 4.74 Å². The van der Waals surface area contributed by atoms with Crippen LogP contribution in [0.2, 0.25) is 0 Å². The van der Waals surface area contributed by atoms with Crippen molar-refractivity contribution in [1.29, 1.82) is 0 Å². The minimum atomic E-state index is -0.473. The molecule has 2 rings (SSSR count). The van der Waals surface area contributed by atoms with Crippen molar-refractivity contribution < 1.29 is 9.53 Å². The van der Waals surface area contributed by atoms with Crippen molar-refractivity contribution in [2.24, 2.45) is 0 Å². The number of H-pyrrole nitrogens is 1. The minimum absolute atomic E-state index is 0.0767. The lowest BCUT2D eigenvalue weighted by atomic mass is 10.2. The van der Waals surface area contributed by atoms with Crippen molar-refractivity contribution >= 4 is 17.1 Å². The second kappa shape index (κ2) is 6.79. The van der Waals surface area contributed by atoms with Gasteiger partial charge in [-0.25, -0.2) is 9.78 Å². The maximum atomic E-state index is 11.5. The molecule has 0 spiro atoms. The number of hydrogen-bond acceptors (Lipinski definition) is 4. The van der Waals surface area contributed by atoms with E-state index in [9.17, 15) is 4.79 Å². The van der Waals surface area contributed by atoms with Gasteiger partial charge in [-0.15, -0.1) is 0 Å². The average molecular weight is 304 g/mol. The van der Waals surface area contributed by atoms with E-state index in [1.807, 2.05) is 52.0 Å². The molecule has 0 aliphatic carbocycles. The Hall–Kier alpha value is -2.08. The number of amides is 1. The van der Waals surface area contributed by atoms with E-state index in [0.29, 0.717) is 13.1 Å². The molecule has 0 aliphatic rings. The molecule has 22 heavy (non-hydrogen) atoms. The highest BCUT2D eigenvalue weighted by Crippen LogP contribution is 2.15. The molecule has 6 heteroatoms. The number of imidazole rings is 1. The number of fused-ring (bicyclic) bond motifs is 1. The maximum absolute atomic E-state index is 11.5. The lowest BCUT2D eigenvalue weighted by Gasteiger charge is -2.20. The van der Waals surface area contributed by atoms with E-state index in [4.69, 9.17) is 4.74 Å². The van der Waals surface area contributed by atoms with Crippen LogP contribution in [0.3, 0.4) is 0 Å². The molecule has 0 saturated heterocycles. The zero-order valence-electron chi connectivity index (χ0n) is 13.6. The minimum Gasteiger partial charge on any atom is -0.444 e. The Morgan fingerprint density at radius 1 is 1.32 bits per heavy atom. The lowest BCUT2D eigenvalue weighted by molar-refractivity contribution is 0.0528. The summed E-state index contributed by atoms with van der Waals surface area (Å²) in [4.78, 5) is 19.3. The van der Waals surface area contributed by atoms with Gasteiger partial charge in [0.15, 0.2) is 0 Å². The largest absolute Gasteiger partial charge is 0.444 e. The molecule has 1 unspecified atom stereocenters. The fourth-order valence-electron chi connectivity index (χ4n) is 2.04. The molecule has 0 radical (unpaired) electrons. The van der Waals surface area contributed by atoms with Crippen LogP contribution in [0.15, 0.2) is 24.3 Å². The summed E-state index contributed by atoms with van der Waals surface area (Å²) in [5.74, 6) is 0.887. The number of ether oxygens (including phenoxy) is 1. The first-order chi connectivity index (χ1) is 10.3. The van der Waals surface area contributed by atoms with Crippen LogP contribution >= 0.6 is 0 Å². The van der Waals surface area contributed by atoms with Crippen LogP contribution in [0.25, 0.3) is 11.0 Å². The predicted octanol–water partition coefficient (Wildman–Crippen LogP) is 2.74. The van der Waals surface area contributed by atoms with Gasteiger partial charge in [-0.3, -0.25) is 0 Å². The van der Waals surface area contributed by atoms with Crippen molar-refractivity contribution in [3.8, 4) is 0 Å². The Labute approximate surface area is 130 Å². The summed E-state index contributed by atoms with van der Waals surface area (Å²) < 4.78 is 5.17. The first-order valence-corrected chi connectivity index (χ1v) is 7.50. The molecule has 1 amide bonds. The van der Waals surface area contributed by atoms with Crippen molar-refractivity contribution in [2.75, 3.05) is 13.1 Å². The number of aromatic nitrogens is 2. The molecular weight excluding hydrogens is 280 g/mol. The molecule has 0 fully saturated rings. The molecule has 1 atom stereocenters. The first-order valence-electron chi connectivity index (χ1n) is 7.50. The third-order valence-electron chi connectivity index (χ3n) is 3.06. The number of carbonyl (C=O) groups excluding carboxylic acids is 1. The van der Waals surface area contributed by atoms with E-state index in [2.05, 4.69) is 20.6 Å². The Kier molecular flexibility index (Phi) is 5.03. The van der Waals surface area contributed by atoms with E-state index in [1.165, 1.54) is 0 Å². The van der Waals surface area contributed by atoms with Gasteiger partial charge in [-0.1, -0.05) is 12.1 Å². The second-order valence-electron chi connectivity index (χ2n) is 6.24. The number of benzene rings is 1. The summed E-state index contributed by atoms with van der Waals surface area (Å²) in [6, 6.07) is 8.00. The van der Waals surface area contributed by atoms with Gasteiger partial charge in [0.05, 0.1) is 17.1 Å². The van der Waals surface area contributed by atoms with Crippen molar-refractivity contribution in [3.63, 3.8) is 0 Å². The van der Waals surface area contributed by atoms with Gasteiger partial charge in [0.1, 0.15) is 11.4 Å². The Balaban J connectivity index is 1.76. The second-order valence-corrected chi connectivity index (χ2v) is 6.24. The lowest BCUT2D eigenvalue weighted by Crippen LogP contribution is -2.37. The van der Waals surface area contributed by atoms with Crippen molar-refractivity contribution in [1.82, 2.24) is 20.6 Å². The predicted molar refractivity (Wildman–Crippen MR) is 86.7 cm³/mol. The van der Waals surface area contributed by atoms with Crippen LogP contribution in [0.5, 0.6) is 0 Å². The first kappa shape index (κ1) is 16.3. The van der Waals surface area contributed by atoms with E-state index < -0.39 is 11.7 Å². The van der Waals surface area contributed by atoms with Crippen LogP contribution < -0.4 is 10.6 Å². The fraction of sp³-hybridized carbons (Fsp3) is 0.500. The molecule has 1 aromatic heterocycles.